The molecule has 2 aromatic rings. The Labute approximate surface area is 79.5 Å². The molecule has 14 heavy (non-hydrogen) atoms. The Morgan fingerprint density at radius 2 is 2.36 bits per heavy atom. The molecule has 0 radical (unpaired) electrons. The van der Waals surface area contributed by atoms with Crippen LogP contribution >= 0.6 is 0 Å². The highest BCUT2D eigenvalue weighted by molar-refractivity contribution is 5.69. The molecule has 0 amide bonds. The molecule has 0 aliphatic rings. The van der Waals surface area contributed by atoms with Gasteiger partial charge in [0.05, 0.1) is 0 Å². The van der Waals surface area contributed by atoms with Gasteiger partial charge in [0, 0.05) is 11.8 Å². The zero-order valence-electron chi connectivity index (χ0n) is 7.44. The molecule has 0 fully saturated rings. The third-order valence-electron chi connectivity index (χ3n) is 1.98. The number of rotatable bonds is 3. The molecule has 0 bridgehead atoms. The van der Waals surface area contributed by atoms with E-state index in [1.165, 1.54) is 6.20 Å². The number of aromatic amines is 1. The third-order valence-corrected chi connectivity index (χ3v) is 1.98. The summed E-state index contributed by atoms with van der Waals surface area (Å²) in [7, 11) is 0. The molecule has 2 heterocycles. The maximum absolute atomic E-state index is 13.4. The van der Waals surface area contributed by atoms with Crippen LogP contribution in [0, 0.1) is 0 Å². The third kappa shape index (κ3) is 1.56. The lowest BCUT2D eigenvalue weighted by atomic mass is 10.1. The second kappa shape index (κ2) is 3.67. The van der Waals surface area contributed by atoms with Crippen molar-refractivity contribution < 1.29 is 4.39 Å². The number of fused-ring (bicyclic) bond motifs is 1. The molecule has 1 unspecified atom stereocenters. The predicted octanol–water partition coefficient (Wildman–Crippen LogP) is 0.712. The van der Waals surface area contributed by atoms with Crippen LogP contribution in [0.1, 0.15) is 18.2 Å². The summed E-state index contributed by atoms with van der Waals surface area (Å²) in [5.74, 6) is 0. The molecule has 2 rings (SSSR count). The Bertz CT molecular complexity index is 426. The highest BCUT2D eigenvalue weighted by Gasteiger charge is 2.10. The minimum atomic E-state index is -1.08. The summed E-state index contributed by atoms with van der Waals surface area (Å²) < 4.78 is 13.4. The second-order valence-electron chi connectivity index (χ2n) is 2.98. The number of nitrogens with two attached hydrogens (primary N) is 1. The first-order chi connectivity index (χ1) is 6.81. The summed E-state index contributed by atoms with van der Waals surface area (Å²) in [6.07, 6.45) is 0.685. The van der Waals surface area contributed by atoms with E-state index in [-0.39, 0.29) is 0 Å². The van der Waals surface area contributed by atoms with Gasteiger partial charge in [-0.15, -0.1) is 5.10 Å². The average Bonchev–Trinajstić information content (AvgIpc) is 2.64. The summed E-state index contributed by atoms with van der Waals surface area (Å²) in [5, 5.41) is 10.0. The zero-order chi connectivity index (χ0) is 9.97. The first-order valence-electron chi connectivity index (χ1n) is 4.32. The summed E-state index contributed by atoms with van der Waals surface area (Å²) in [4.78, 5) is 3.96. The van der Waals surface area contributed by atoms with Gasteiger partial charge in [-0.1, -0.05) is 0 Å². The van der Waals surface area contributed by atoms with Crippen LogP contribution in [0.3, 0.4) is 0 Å². The molecule has 1 atom stereocenters. The highest BCUT2D eigenvalue weighted by Crippen LogP contribution is 2.21. The summed E-state index contributed by atoms with van der Waals surface area (Å²) >= 11 is 0. The highest BCUT2D eigenvalue weighted by atomic mass is 19.1. The van der Waals surface area contributed by atoms with Gasteiger partial charge in [0.25, 0.3) is 0 Å². The van der Waals surface area contributed by atoms with E-state index in [0.717, 1.165) is 0 Å². The molecule has 6 heteroatoms. The number of alkyl halides is 1. The van der Waals surface area contributed by atoms with Crippen molar-refractivity contribution in [3.05, 3.63) is 17.8 Å². The lowest BCUT2D eigenvalue weighted by Crippen LogP contribution is -2.03. The van der Waals surface area contributed by atoms with Crippen molar-refractivity contribution >= 4 is 11.2 Å². The first kappa shape index (κ1) is 9.01. The van der Waals surface area contributed by atoms with Crippen LogP contribution in [0.2, 0.25) is 0 Å². The van der Waals surface area contributed by atoms with Crippen molar-refractivity contribution in [3.8, 4) is 0 Å². The summed E-state index contributed by atoms with van der Waals surface area (Å²) in [5.41, 5.74) is 6.83. The van der Waals surface area contributed by atoms with E-state index < -0.39 is 6.17 Å². The van der Waals surface area contributed by atoms with Gasteiger partial charge in [0.1, 0.15) is 11.7 Å². The fraction of sp³-hybridized carbons (Fsp3) is 0.375. The molecule has 2 aromatic heterocycles. The maximum atomic E-state index is 13.4. The van der Waals surface area contributed by atoms with Gasteiger partial charge in [-0.05, 0) is 19.0 Å². The molecule has 74 valence electrons. The van der Waals surface area contributed by atoms with Gasteiger partial charge in [-0.2, -0.15) is 10.3 Å². The van der Waals surface area contributed by atoms with Gasteiger partial charge in [0.15, 0.2) is 0 Å². The Kier molecular flexibility index (Phi) is 2.36. The fourth-order valence-electron chi connectivity index (χ4n) is 1.24. The Hall–Kier alpha value is -1.56. The first-order valence-corrected chi connectivity index (χ1v) is 4.32. The Balaban J connectivity index is 2.33. The minimum absolute atomic E-state index is 0.297. The number of halogens is 1. The van der Waals surface area contributed by atoms with E-state index >= 15 is 0 Å². The molecule has 5 nitrogen and oxygen atoms in total. The molecule has 0 aliphatic carbocycles. The molecule has 0 saturated carbocycles. The summed E-state index contributed by atoms with van der Waals surface area (Å²) in [6, 6.07) is 1.63. The number of aromatic nitrogens is 4. The molecule has 0 aliphatic heterocycles. The number of H-pyrrole nitrogens is 1. The van der Waals surface area contributed by atoms with Gasteiger partial charge in [-0.25, -0.2) is 9.37 Å². The Morgan fingerprint density at radius 1 is 1.50 bits per heavy atom. The van der Waals surface area contributed by atoms with E-state index in [9.17, 15) is 4.39 Å². The SMILES string of the molecule is NCCC(F)c1cnc2n[nH]nc2c1. The standard InChI is InChI=1S/C8H10FN5/c9-6(1-2-10)5-3-7-8(11-4-5)13-14-12-7/h3-4,6H,1-2,10H2,(H,11,12,13,14). The summed E-state index contributed by atoms with van der Waals surface area (Å²) in [6.45, 7) is 0.317. The molecule has 0 aromatic carbocycles. The van der Waals surface area contributed by atoms with E-state index in [0.29, 0.717) is 29.7 Å². The van der Waals surface area contributed by atoms with Gasteiger partial charge in [0.2, 0.25) is 5.65 Å². The largest absolute Gasteiger partial charge is 0.330 e. The van der Waals surface area contributed by atoms with E-state index in [1.54, 1.807) is 6.07 Å². The van der Waals surface area contributed by atoms with Crippen molar-refractivity contribution in [2.75, 3.05) is 6.54 Å². The van der Waals surface area contributed by atoms with Crippen LogP contribution in [0.4, 0.5) is 4.39 Å². The number of hydrogen-bond donors (Lipinski definition) is 2. The second-order valence-corrected chi connectivity index (χ2v) is 2.98. The normalized spacial score (nSPS) is 13.3. The predicted molar refractivity (Wildman–Crippen MR) is 49.2 cm³/mol. The molecular weight excluding hydrogens is 185 g/mol. The Morgan fingerprint density at radius 3 is 3.14 bits per heavy atom. The van der Waals surface area contributed by atoms with Crippen LogP contribution < -0.4 is 5.73 Å². The van der Waals surface area contributed by atoms with Gasteiger partial charge in [-0.3, -0.25) is 0 Å². The monoisotopic (exact) mass is 195 g/mol. The van der Waals surface area contributed by atoms with Crippen LogP contribution in [-0.4, -0.2) is 26.9 Å². The van der Waals surface area contributed by atoms with Crippen LogP contribution in [0.15, 0.2) is 12.3 Å². The zero-order valence-corrected chi connectivity index (χ0v) is 7.44. The fourth-order valence-corrected chi connectivity index (χ4v) is 1.24. The van der Waals surface area contributed by atoms with Gasteiger partial charge >= 0.3 is 0 Å². The average molecular weight is 195 g/mol. The van der Waals surface area contributed by atoms with Crippen molar-refractivity contribution in [1.82, 2.24) is 20.4 Å². The number of hydrogen-bond acceptors (Lipinski definition) is 4. The lowest BCUT2D eigenvalue weighted by Gasteiger charge is -2.04. The van der Waals surface area contributed by atoms with Crippen LogP contribution in [-0.2, 0) is 0 Å². The van der Waals surface area contributed by atoms with Crippen molar-refractivity contribution in [1.29, 1.82) is 0 Å². The van der Waals surface area contributed by atoms with Crippen molar-refractivity contribution in [2.45, 2.75) is 12.6 Å². The van der Waals surface area contributed by atoms with E-state index in [2.05, 4.69) is 20.4 Å². The maximum Gasteiger partial charge on any atom is 0.201 e. The smallest absolute Gasteiger partial charge is 0.201 e. The van der Waals surface area contributed by atoms with Crippen LogP contribution in [0.25, 0.3) is 11.2 Å². The molecule has 3 N–H and O–H groups in total. The van der Waals surface area contributed by atoms with Crippen LogP contribution in [0.5, 0.6) is 0 Å². The topological polar surface area (TPSA) is 80.5 Å². The molecule has 0 spiro atoms. The number of nitrogens with one attached hydrogen (secondary N) is 1. The molecule has 0 saturated heterocycles. The minimum Gasteiger partial charge on any atom is -0.330 e. The number of nitrogens with zero attached hydrogens (tertiary/aromatic N) is 3. The van der Waals surface area contributed by atoms with Crippen molar-refractivity contribution in [2.24, 2.45) is 5.73 Å². The van der Waals surface area contributed by atoms with Crippen molar-refractivity contribution in [3.63, 3.8) is 0 Å². The quantitative estimate of drug-likeness (QED) is 0.755. The van der Waals surface area contributed by atoms with E-state index in [4.69, 9.17) is 5.73 Å². The van der Waals surface area contributed by atoms with E-state index in [1.807, 2.05) is 0 Å². The molecular formula is C8H10FN5. The number of pyridine rings is 1. The lowest BCUT2D eigenvalue weighted by molar-refractivity contribution is 0.327. The van der Waals surface area contributed by atoms with Gasteiger partial charge < -0.3 is 5.73 Å².